The predicted molar refractivity (Wildman–Crippen MR) is 106 cm³/mol. The summed E-state index contributed by atoms with van der Waals surface area (Å²) in [6.45, 7) is 1.68. The lowest BCUT2D eigenvalue weighted by molar-refractivity contribution is -0.116. The number of carbonyl (C=O) groups excluding carboxylic acids is 2. The van der Waals surface area contributed by atoms with E-state index in [4.69, 9.17) is 23.2 Å². The van der Waals surface area contributed by atoms with Crippen molar-refractivity contribution in [2.24, 2.45) is 0 Å². The zero-order valence-electron chi connectivity index (χ0n) is 14.1. The van der Waals surface area contributed by atoms with Crippen LogP contribution in [0.25, 0.3) is 4.96 Å². The molecule has 0 radical (unpaired) electrons. The van der Waals surface area contributed by atoms with Crippen molar-refractivity contribution < 1.29 is 9.59 Å². The van der Waals surface area contributed by atoms with E-state index in [1.807, 2.05) is 0 Å². The fraction of sp³-hybridized carbons (Fsp3) is 0.176. The third-order valence-corrected chi connectivity index (χ3v) is 5.20. The normalized spacial score (nSPS) is 10.8. The number of halogens is 2. The minimum absolute atomic E-state index is 0.101. The molecule has 10 heteroatoms. The van der Waals surface area contributed by atoms with E-state index in [0.29, 0.717) is 4.96 Å². The van der Waals surface area contributed by atoms with Gasteiger partial charge in [0, 0.05) is 24.3 Å². The van der Waals surface area contributed by atoms with E-state index in [1.165, 1.54) is 26.8 Å². The number of likely N-dealkylation sites (N-methyl/N-ethyl adjacent to an activating group) is 1. The first-order valence-corrected chi connectivity index (χ1v) is 9.54. The van der Waals surface area contributed by atoms with Crippen LogP contribution in [0.1, 0.15) is 17.3 Å². The van der Waals surface area contributed by atoms with Crippen LogP contribution in [0.5, 0.6) is 0 Å². The Balaban J connectivity index is 1.79. The summed E-state index contributed by atoms with van der Waals surface area (Å²) in [4.78, 5) is 43.4. The smallest absolute Gasteiger partial charge is 0.271 e. The van der Waals surface area contributed by atoms with E-state index < -0.39 is 17.4 Å². The van der Waals surface area contributed by atoms with Crippen LogP contribution in [0.2, 0.25) is 10.0 Å². The van der Waals surface area contributed by atoms with Crippen LogP contribution in [0.3, 0.4) is 0 Å². The summed E-state index contributed by atoms with van der Waals surface area (Å²) in [5.74, 6) is -1.05. The van der Waals surface area contributed by atoms with Crippen LogP contribution in [0.4, 0.5) is 5.69 Å². The van der Waals surface area contributed by atoms with Gasteiger partial charge in [-0.3, -0.25) is 18.8 Å². The quantitative estimate of drug-likeness (QED) is 0.681. The van der Waals surface area contributed by atoms with Gasteiger partial charge < -0.3 is 10.2 Å². The summed E-state index contributed by atoms with van der Waals surface area (Å²) in [5, 5.41) is 4.88. The topological polar surface area (TPSA) is 83.8 Å². The van der Waals surface area contributed by atoms with Crippen LogP contribution in [0, 0.1) is 0 Å². The molecule has 0 saturated heterocycles. The van der Waals surface area contributed by atoms with E-state index in [9.17, 15) is 14.4 Å². The fourth-order valence-corrected chi connectivity index (χ4v) is 3.61. The number of carbonyl (C=O) groups is 2. The molecule has 7 nitrogen and oxygen atoms in total. The fourth-order valence-electron chi connectivity index (χ4n) is 2.44. The first kappa shape index (κ1) is 19.3. The molecule has 0 atom stereocenters. The number of nitrogens with zero attached hydrogens (tertiary/aromatic N) is 3. The first-order chi connectivity index (χ1) is 12.9. The van der Waals surface area contributed by atoms with Gasteiger partial charge in [0.15, 0.2) is 4.96 Å². The second-order valence-electron chi connectivity index (χ2n) is 5.50. The Labute approximate surface area is 168 Å². The highest BCUT2D eigenvalue weighted by Crippen LogP contribution is 2.29. The van der Waals surface area contributed by atoms with Crippen molar-refractivity contribution in [3.05, 3.63) is 61.9 Å². The largest absolute Gasteiger partial charge is 0.329 e. The van der Waals surface area contributed by atoms with E-state index in [1.54, 1.807) is 36.7 Å². The number of hydrogen-bond donors (Lipinski definition) is 1. The molecular formula is C17H14Cl2N4O3S. The number of anilines is 1. The van der Waals surface area contributed by atoms with E-state index in [2.05, 4.69) is 10.3 Å². The molecule has 0 bridgehead atoms. The van der Waals surface area contributed by atoms with Crippen LogP contribution < -0.4 is 10.9 Å². The summed E-state index contributed by atoms with van der Waals surface area (Å²) in [6.07, 6.45) is 2.79. The summed E-state index contributed by atoms with van der Waals surface area (Å²) < 4.78 is 1.30. The van der Waals surface area contributed by atoms with Crippen LogP contribution in [-0.4, -0.2) is 39.2 Å². The van der Waals surface area contributed by atoms with Crippen LogP contribution >= 0.6 is 34.5 Å². The number of thiazole rings is 1. The number of benzene rings is 1. The molecule has 1 aromatic carbocycles. The molecule has 1 N–H and O–H groups in total. The van der Waals surface area contributed by atoms with Gasteiger partial charge in [0.25, 0.3) is 11.5 Å². The number of hydrogen-bond acceptors (Lipinski definition) is 5. The van der Waals surface area contributed by atoms with Gasteiger partial charge in [-0.1, -0.05) is 29.3 Å². The van der Waals surface area contributed by atoms with Gasteiger partial charge in [-0.25, -0.2) is 4.98 Å². The monoisotopic (exact) mass is 424 g/mol. The third kappa shape index (κ3) is 3.97. The molecule has 0 spiro atoms. The average molecular weight is 425 g/mol. The second kappa shape index (κ2) is 8.08. The summed E-state index contributed by atoms with van der Waals surface area (Å²) in [7, 11) is 0. The molecule has 0 aliphatic rings. The lowest BCUT2D eigenvalue weighted by Gasteiger charge is -2.20. The molecule has 27 heavy (non-hydrogen) atoms. The molecule has 2 heterocycles. The van der Waals surface area contributed by atoms with E-state index in [0.717, 1.165) is 0 Å². The third-order valence-electron chi connectivity index (χ3n) is 3.80. The minimum atomic E-state index is -0.573. The number of para-hydroxylation sites is 1. The molecule has 2 amide bonds. The van der Waals surface area contributed by atoms with Crippen molar-refractivity contribution in [2.45, 2.75) is 6.92 Å². The second-order valence-corrected chi connectivity index (χ2v) is 7.18. The lowest BCUT2D eigenvalue weighted by Crippen LogP contribution is -2.40. The van der Waals surface area contributed by atoms with Crippen molar-refractivity contribution in [3.63, 3.8) is 0 Å². The number of fused-ring (bicyclic) bond motifs is 1. The maximum atomic E-state index is 12.7. The standard InChI is InChI=1S/C17H14Cl2N4O3S/c1-2-22(9-13(24)21-14-11(18)4-3-5-12(14)19)15(25)10-8-20-17-23(16(10)26)6-7-27-17/h3-8H,2,9H2,1H3,(H,21,24). The first-order valence-electron chi connectivity index (χ1n) is 7.90. The molecule has 0 aliphatic heterocycles. The predicted octanol–water partition coefficient (Wildman–Crippen LogP) is 3.16. The minimum Gasteiger partial charge on any atom is -0.329 e. The molecule has 0 unspecified atom stereocenters. The van der Waals surface area contributed by atoms with Crippen molar-refractivity contribution in [1.29, 1.82) is 0 Å². The van der Waals surface area contributed by atoms with Crippen LogP contribution in [-0.2, 0) is 4.79 Å². The molecule has 3 aromatic rings. The maximum Gasteiger partial charge on any atom is 0.271 e. The molecular weight excluding hydrogens is 411 g/mol. The van der Waals surface area contributed by atoms with Crippen molar-refractivity contribution in [2.75, 3.05) is 18.4 Å². The Bertz CT molecular complexity index is 1060. The molecule has 3 rings (SSSR count). The SMILES string of the molecule is CCN(CC(=O)Nc1c(Cl)cccc1Cl)C(=O)c1cnc2sccn2c1=O. The number of amides is 2. The molecule has 0 aliphatic carbocycles. The highest BCUT2D eigenvalue weighted by atomic mass is 35.5. The Morgan fingerprint density at radius 1 is 1.30 bits per heavy atom. The Morgan fingerprint density at radius 3 is 2.67 bits per heavy atom. The number of aromatic nitrogens is 2. The van der Waals surface area contributed by atoms with E-state index >= 15 is 0 Å². The average Bonchev–Trinajstić information content (AvgIpc) is 3.12. The van der Waals surface area contributed by atoms with E-state index in [-0.39, 0.29) is 34.4 Å². The molecule has 140 valence electrons. The zero-order valence-corrected chi connectivity index (χ0v) is 16.4. The summed E-state index contributed by atoms with van der Waals surface area (Å²) in [5.41, 5.74) is -0.300. The zero-order chi connectivity index (χ0) is 19.6. The van der Waals surface area contributed by atoms with Gasteiger partial charge >= 0.3 is 0 Å². The van der Waals surface area contributed by atoms with Crippen LogP contribution in [0.15, 0.2) is 40.8 Å². The number of rotatable bonds is 5. The Hall–Kier alpha value is -2.42. The summed E-state index contributed by atoms with van der Waals surface area (Å²) in [6, 6.07) is 4.84. The van der Waals surface area contributed by atoms with Crippen molar-refractivity contribution in [1.82, 2.24) is 14.3 Å². The van der Waals surface area contributed by atoms with Gasteiger partial charge in [0.1, 0.15) is 12.1 Å². The number of nitrogens with one attached hydrogen (secondary N) is 1. The highest BCUT2D eigenvalue weighted by Gasteiger charge is 2.22. The Kier molecular flexibility index (Phi) is 5.79. The molecule has 2 aromatic heterocycles. The van der Waals surface area contributed by atoms with Gasteiger partial charge in [0.05, 0.1) is 15.7 Å². The molecule has 0 fully saturated rings. The van der Waals surface area contributed by atoms with Crippen molar-refractivity contribution >= 4 is 57.0 Å². The summed E-state index contributed by atoms with van der Waals surface area (Å²) >= 11 is 13.4. The molecule has 0 saturated carbocycles. The van der Waals surface area contributed by atoms with Gasteiger partial charge in [-0.2, -0.15) is 0 Å². The lowest BCUT2D eigenvalue weighted by atomic mass is 10.2. The maximum absolute atomic E-state index is 12.7. The van der Waals surface area contributed by atoms with Gasteiger partial charge in [0.2, 0.25) is 5.91 Å². The van der Waals surface area contributed by atoms with Crippen molar-refractivity contribution in [3.8, 4) is 0 Å². The highest BCUT2D eigenvalue weighted by molar-refractivity contribution is 7.15. The Morgan fingerprint density at radius 2 is 2.00 bits per heavy atom. The van der Waals surface area contributed by atoms with Gasteiger partial charge in [-0.15, -0.1) is 11.3 Å². The van der Waals surface area contributed by atoms with Gasteiger partial charge in [-0.05, 0) is 19.1 Å².